The van der Waals surface area contributed by atoms with Crippen molar-refractivity contribution in [3.05, 3.63) is 22.7 Å². The number of carbonyl (C=O) groups excluding carboxylic acids is 2. The summed E-state index contributed by atoms with van der Waals surface area (Å²) < 4.78 is 0.820. The van der Waals surface area contributed by atoms with Crippen molar-refractivity contribution in [1.29, 1.82) is 0 Å². The molecule has 1 heterocycles. The minimum Gasteiger partial charge on any atom is -0.397 e. The third-order valence-corrected chi connectivity index (χ3v) is 3.48. The number of piperidine rings is 1. The fraction of sp³-hybridized carbons (Fsp3) is 0.385. The molecule has 1 aromatic rings. The van der Waals surface area contributed by atoms with Gasteiger partial charge in [-0.3, -0.25) is 9.59 Å². The molecule has 2 N–H and O–H groups in total. The van der Waals surface area contributed by atoms with Crippen molar-refractivity contribution < 1.29 is 9.59 Å². The molecular formula is C13H15BrN2O2. The quantitative estimate of drug-likeness (QED) is 0.641. The van der Waals surface area contributed by atoms with Crippen molar-refractivity contribution in [2.24, 2.45) is 5.41 Å². The average Bonchev–Trinajstić information content (AvgIpc) is 2.18. The maximum atomic E-state index is 12.1. The maximum Gasteiger partial charge on any atom is 0.234 e. The Labute approximate surface area is 114 Å². The summed E-state index contributed by atoms with van der Waals surface area (Å²) in [4.78, 5) is 25.4. The zero-order valence-electron chi connectivity index (χ0n) is 10.4. The smallest absolute Gasteiger partial charge is 0.234 e. The van der Waals surface area contributed by atoms with Gasteiger partial charge in [-0.15, -0.1) is 0 Å². The van der Waals surface area contributed by atoms with Crippen LogP contribution in [0.25, 0.3) is 0 Å². The predicted octanol–water partition coefficient (Wildman–Crippen LogP) is 2.71. The third-order valence-electron chi connectivity index (χ3n) is 2.99. The number of hydrogen-bond acceptors (Lipinski definition) is 3. The lowest BCUT2D eigenvalue weighted by Gasteiger charge is -2.35. The number of nitrogen functional groups attached to an aromatic ring is 1. The number of nitrogens with zero attached hydrogens (tertiary/aromatic N) is 1. The van der Waals surface area contributed by atoms with Crippen molar-refractivity contribution in [3.8, 4) is 0 Å². The number of halogens is 1. The van der Waals surface area contributed by atoms with Crippen molar-refractivity contribution in [3.63, 3.8) is 0 Å². The van der Waals surface area contributed by atoms with Crippen molar-refractivity contribution in [2.45, 2.75) is 26.7 Å². The van der Waals surface area contributed by atoms with Crippen molar-refractivity contribution >= 4 is 39.1 Å². The van der Waals surface area contributed by atoms with Crippen LogP contribution < -0.4 is 10.6 Å². The lowest BCUT2D eigenvalue weighted by Crippen LogP contribution is -2.46. The molecule has 0 aliphatic carbocycles. The third kappa shape index (κ3) is 2.41. The molecule has 0 atom stereocenters. The number of carbonyl (C=O) groups is 2. The van der Waals surface area contributed by atoms with Gasteiger partial charge in [0.05, 0.1) is 11.4 Å². The van der Waals surface area contributed by atoms with Crippen LogP contribution in [0.4, 0.5) is 11.4 Å². The Balaban J connectivity index is 2.39. The number of hydrogen-bond donors (Lipinski definition) is 1. The van der Waals surface area contributed by atoms with Gasteiger partial charge in [0.2, 0.25) is 11.8 Å². The van der Waals surface area contributed by atoms with Gasteiger partial charge in [0.25, 0.3) is 0 Å². The van der Waals surface area contributed by atoms with E-state index in [0.29, 0.717) is 24.2 Å². The van der Waals surface area contributed by atoms with Gasteiger partial charge < -0.3 is 5.73 Å². The molecule has 0 spiro atoms. The van der Waals surface area contributed by atoms with Crippen LogP contribution in [0.3, 0.4) is 0 Å². The summed E-state index contributed by atoms with van der Waals surface area (Å²) in [7, 11) is 0. The van der Waals surface area contributed by atoms with Crippen LogP contribution >= 0.6 is 15.9 Å². The zero-order valence-corrected chi connectivity index (χ0v) is 12.0. The summed E-state index contributed by atoms with van der Waals surface area (Å²) in [6.45, 7) is 3.84. The highest BCUT2D eigenvalue weighted by atomic mass is 79.9. The van der Waals surface area contributed by atoms with Gasteiger partial charge in [0.1, 0.15) is 0 Å². The first kappa shape index (κ1) is 13.1. The molecule has 18 heavy (non-hydrogen) atoms. The van der Waals surface area contributed by atoms with E-state index in [2.05, 4.69) is 15.9 Å². The lowest BCUT2D eigenvalue weighted by molar-refractivity contribution is -0.132. The molecule has 1 fully saturated rings. The molecule has 5 heteroatoms. The van der Waals surface area contributed by atoms with Crippen molar-refractivity contribution in [2.75, 3.05) is 10.6 Å². The van der Waals surface area contributed by atoms with E-state index in [0.717, 1.165) is 4.47 Å². The second-order valence-corrected chi connectivity index (χ2v) is 6.26. The van der Waals surface area contributed by atoms with Crippen LogP contribution in [0, 0.1) is 5.41 Å². The van der Waals surface area contributed by atoms with Gasteiger partial charge in [-0.05, 0) is 23.6 Å². The molecule has 0 saturated carbocycles. The van der Waals surface area contributed by atoms with E-state index in [9.17, 15) is 9.59 Å². The van der Waals surface area contributed by atoms with Crippen LogP contribution in [0.1, 0.15) is 26.7 Å². The summed E-state index contributed by atoms with van der Waals surface area (Å²) in [5.41, 5.74) is 6.50. The summed E-state index contributed by atoms with van der Waals surface area (Å²) in [5.74, 6) is -0.379. The molecule has 1 aliphatic heterocycles. The average molecular weight is 311 g/mol. The highest BCUT2D eigenvalue weighted by molar-refractivity contribution is 9.10. The number of anilines is 2. The molecule has 0 bridgehead atoms. The van der Waals surface area contributed by atoms with E-state index in [4.69, 9.17) is 5.73 Å². The van der Waals surface area contributed by atoms with Gasteiger partial charge in [-0.25, -0.2) is 4.90 Å². The second-order valence-electron chi connectivity index (χ2n) is 5.34. The van der Waals surface area contributed by atoms with Gasteiger partial charge in [-0.1, -0.05) is 29.8 Å². The minimum absolute atomic E-state index is 0.190. The standard InChI is InChI=1S/C13H15BrN2O2/c1-13(2)6-11(17)16(12(18)7-13)10-4-3-8(14)5-9(10)15/h3-5H,6-7,15H2,1-2H3. The molecule has 0 radical (unpaired) electrons. The van der Waals surface area contributed by atoms with E-state index in [1.807, 2.05) is 13.8 Å². The maximum absolute atomic E-state index is 12.1. The van der Waals surface area contributed by atoms with E-state index >= 15 is 0 Å². The molecule has 1 aliphatic rings. The van der Waals surface area contributed by atoms with Gasteiger partial charge in [0, 0.05) is 17.3 Å². The summed E-state index contributed by atoms with van der Waals surface area (Å²) in [6.07, 6.45) is 0.711. The van der Waals surface area contributed by atoms with E-state index < -0.39 is 0 Å². The molecule has 0 aromatic heterocycles. The lowest BCUT2D eigenvalue weighted by atomic mass is 9.81. The number of rotatable bonds is 1. The van der Waals surface area contributed by atoms with Crippen LogP contribution in [0.2, 0.25) is 0 Å². The first-order valence-electron chi connectivity index (χ1n) is 5.71. The van der Waals surface area contributed by atoms with E-state index in [1.54, 1.807) is 18.2 Å². The normalized spacial score (nSPS) is 19.2. The molecule has 0 unspecified atom stereocenters. The fourth-order valence-corrected chi connectivity index (χ4v) is 2.55. The highest BCUT2D eigenvalue weighted by Crippen LogP contribution is 2.36. The minimum atomic E-state index is -0.269. The van der Waals surface area contributed by atoms with Gasteiger partial charge in [-0.2, -0.15) is 0 Å². The first-order valence-corrected chi connectivity index (χ1v) is 6.50. The zero-order chi connectivity index (χ0) is 13.5. The Bertz CT molecular complexity index is 506. The molecule has 2 rings (SSSR count). The summed E-state index contributed by atoms with van der Waals surface area (Å²) in [6, 6.07) is 5.15. The monoisotopic (exact) mass is 310 g/mol. The van der Waals surface area contributed by atoms with E-state index in [1.165, 1.54) is 4.90 Å². The molecule has 4 nitrogen and oxygen atoms in total. The fourth-order valence-electron chi connectivity index (χ4n) is 2.18. The SMILES string of the molecule is CC1(C)CC(=O)N(c2ccc(Br)cc2N)C(=O)C1. The van der Waals surface area contributed by atoms with Crippen LogP contribution in [-0.4, -0.2) is 11.8 Å². The largest absolute Gasteiger partial charge is 0.397 e. The Hall–Kier alpha value is -1.36. The molecule has 96 valence electrons. The van der Waals surface area contributed by atoms with Gasteiger partial charge in [0.15, 0.2) is 0 Å². The number of amides is 2. The van der Waals surface area contributed by atoms with E-state index in [-0.39, 0.29) is 17.2 Å². The second kappa shape index (κ2) is 4.39. The molecular weight excluding hydrogens is 296 g/mol. The van der Waals surface area contributed by atoms with Crippen LogP contribution in [-0.2, 0) is 9.59 Å². The predicted molar refractivity (Wildman–Crippen MR) is 74.1 cm³/mol. The highest BCUT2D eigenvalue weighted by Gasteiger charge is 2.38. The Morgan fingerprint density at radius 1 is 1.22 bits per heavy atom. The Morgan fingerprint density at radius 3 is 2.28 bits per heavy atom. The summed E-state index contributed by atoms with van der Waals surface area (Å²) in [5, 5.41) is 0. The molecule has 2 amide bonds. The van der Waals surface area contributed by atoms with Gasteiger partial charge >= 0.3 is 0 Å². The van der Waals surface area contributed by atoms with Crippen LogP contribution in [0.15, 0.2) is 22.7 Å². The van der Waals surface area contributed by atoms with Crippen LogP contribution in [0.5, 0.6) is 0 Å². The van der Waals surface area contributed by atoms with Crippen molar-refractivity contribution in [1.82, 2.24) is 0 Å². The number of benzene rings is 1. The molecule has 1 saturated heterocycles. The number of imide groups is 1. The Morgan fingerprint density at radius 2 is 1.78 bits per heavy atom. The first-order chi connectivity index (χ1) is 8.30. The molecule has 1 aromatic carbocycles. The topological polar surface area (TPSA) is 63.4 Å². The summed E-state index contributed by atoms with van der Waals surface area (Å²) >= 11 is 3.30. The number of nitrogens with two attached hydrogens (primary N) is 1. The Kier molecular flexibility index (Phi) is 3.19.